The highest BCUT2D eigenvalue weighted by Gasteiger charge is 2.08. The largest absolute Gasteiger partial charge is 0.299 e. The van der Waals surface area contributed by atoms with E-state index in [1.165, 1.54) is 23.3 Å². The van der Waals surface area contributed by atoms with E-state index in [9.17, 15) is 4.39 Å². The first-order valence-electron chi connectivity index (χ1n) is 6.38. The maximum atomic E-state index is 13.7. The number of alkyl halides is 1. The molecule has 2 nitrogen and oxygen atoms in total. The molecule has 20 heavy (non-hydrogen) atoms. The van der Waals surface area contributed by atoms with Gasteiger partial charge in [-0.25, -0.2) is 9.37 Å². The first-order chi connectivity index (χ1) is 9.58. The van der Waals surface area contributed by atoms with E-state index in [2.05, 4.69) is 24.9 Å². The topological polar surface area (TPSA) is 17.8 Å². The Morgan fingerprint density at radius 2 is 1.85 bits per heavy atom. The number of hydrogen-bond acceptors (Lipinski definition) is 1. The summed E-state index contributed by atoms with van der Waals surface area (Å²) in [6, 6.07) is 8.94. The Labute approximate surface area is 121 Å². The highest BCUT2D eigenvalue weighted by Crippen LogP contribution is 2.23. The summed E-state index contributed by atoms with van der Waals surface area (Å²) in [5, 5.41) is 0. The second-order valence-electron chi connectivity index (χ2n) is 4.99. The van der Waals surface area contributed by atoms with Gasteiger partial charge in [0, 0.05) is 5.88 Å². The molecule has 0 aliphatic rings. The van der Waals surface area contributed by atoms with Crippen LogP contribution in [0.15, 0.2) is 36.7 Å². The fraction of sp³-hybridized carbons (Fsp3) is 0.188. The Morgan fingerprint density at radius 1 is 1.10 bits per heavy atom. The lowest BCUT2D eigenvalue weighted by Gasteiger charge is -2.08. The molecule has 102 valence electrons. The molecular formula is C16H14ClFN2. The Bertz CT molecular complexity index is 793. The number of hydrogen-bond donors (Lipinski definition) is 0. The molecular weight excluding hydrogens is 275 g/mol. The lowest BCUT2D eigenvalue weighted by molar-refractivity contribution is 0.625. The Kier molecular flexibility index (Phi) is 3.22. The summed E-state index contributed by atoms with van der Waals surface area (Å²) in [7, 11) is 0. The van der Waals surface area contributed by atoms with Crippen molar-refractivity contribution in [3.05, 3.63) is 59.2 Å². The van der Waals surface area contributed by atoms with Gasteiger partial charge in [-0.15, -0.1) is 11.6 Å². The summed E-state index contributed by atoms with van der Waals surface area (Å²) in [6.07, 6.45) is 1.72. The smallest absolute Gasteiger partial charge is 0.125 e. The molecule has 3 aromatic rings. The van der Waals surface area contributed by atoms with Crippen molar-refractivity contribution in [2.45, 2.75) is 19.7 Å². The summed E-state index contributed by atoms with van der Waals surface area (Å²) >= 11 is 5.80. The van der Waals surface area contributed by atoms with Crippen molar-refractivity contribution in [3.63, 3.8) is 0 Å². The molecule has 2 aromatic carbocycles. The van der Waals surface area contributed by atoms with Gasteiger partial charge in [-0.3, -0.25) is 4.57 Å². The average Bonchev–Trinajstić information content (AvgIpc) is 2.81. The zero-order valence-corrected chi connectivity index (χ0v) is 12.1. The zero-order valence-electron chi connectivity index (χ0n) is 11.3. The van der Waals surface area contributed by atoms with Crippen LogP contribution in [0.5, 0.6) is 0 Å². The van der Waals surface area contributed by atoms with Gasteiger partial charge in [0.25, 0.3) is 0 Å². The first kappa shape index (κ1) is 13.1. The standard InChI is InChI=1S/C16H14ClFN2/c1-10-3-15-16(4-11(10)2)20(9-19-15)14-6-12(8-17)5-13(18)7-14/h3-7,9H,8H2,1-2H3. The van der Waals surface area contributed by atoms with Crippen molar-refractivity contribution in [1.82, 2.24) is 9.55 Å². The third kappa shape index (κ3) is 2.18. The molecule has 1 heterocycles. The van der Waals surface area contributed by atoms with Crippen molar-refractivity contribution < 1.29 is 4.39 Å². The van der Waals surface area contributed by atoms with Crippen molar-refractivity contribution >= 4 is 22.6 Å². The molecule has 0 unspecified atom stereocenters. The van der Waals surface area contributed by atoms with Crippen LogP contribution in [0.25, 0.3) is 16.7 Å². The normalized spacial score (nSPS) is 11.2. The molecule has 0 saturated heterocycles. The third-order valence-electron chi connectivity index (χ3n) is 3.54. The number of aryl methyl sites for hydroxylation is 2. The number of rotatable bonds is 2. The highest BCUT2D eigenvalue weighted by atomic mass is 35.5. The minimum Gasteiger partial charge on any atom is -0.299 e. The van der Waals surface area contributed by atoms with Gasteiger partial charge < -0.3 is 0 Å². The number of imidazole rings is 1. The third-order valence-corrected chi connectivity index (χ3v) is 3.85. The predicted octanol–water partition coefficient (Wildman–Crippen LogP) is 4.52. The molecule has 4 heteroatoms. The summed E-state index contributed by atoms with van der Waals surface area (Å²) in [5.74, 6) is -0.000889. The van der Waals surface area contributed by atoms with Crippen LogP contribution in [-0.2, 0) is 5.88 Å². The van der Waals surface area contributed by atoms with Gasteiger partial charge >= 0.3 is 0 Å². The first-order valence-corrected chi connectivity index (χ1v) is 6.92. The highest BCUT2D eigenvalue weighted by molar-refractivity contribution is 6.17. The van der Waals surface area contributed by atoms with Crippen LogP contribution in [-0.4, -0.2) is 9.55 Å². The van der Waals surface area contributed by atoms with Crippen LogP contribution in [0.4, 0.5) is 4.39 Å². The number of fused-ring (bicyclic) bond motifs is 1. The Hall–Kier alpha value is -1.87. The van der Waals surface area contributed by atoms with E-state index in [0.717, 1.165) is 22.3 Å². The minimum absolute atomic E-state index is 0.287. The van der Waals surface area contributed by atoms with Crippen LogP contribution >= 0.6 is 11.6 Å². The predicted molar refractivity (Wildman–Crippen MR) is 80.1 cm³/mol. The van der Waals surface area contributed by atoms with E-state index in [1.807, 2.05) is 16.7 Å². The van der Waals surface area contributed by atoms with Crippen LogP contribution in [0.3, 0.4) is 0 Å². The summed E-state index contributed by atoms with van der Waals surface area (Å²) < 4.78 is 15.5. The fourth-order valence-electron chi connectivity index (χ4n) is 2.32. The zero-order chi connectivity index (χ0) is 14.3. The molecule has 0 aliphatic heterocycles. The molecule has 0 bridgehead atoms. The number of aromatic nitrogens is 2. The molecule has 1 aromatic heterocycles. The maximum Gasteiger partial charge on any atom is 0.125 e. The van der Waals surface area contributed by atoms with Gasteiger partial charge in [0.15, 0.2) is 0 Å². The van der Waals surface area contributed by atoms with Crippen molar-refractivity contribution in [2.75, 3.05) is 0 Å². The van der Waals surface area contributed by atoms with Crippen LogP contribution in [0.1, 0.15) is 16.7 Å². The van der Waals surface area contributed by atoms with E-state index in [-0.39, 0.29) is 11.7 Å². The van der Waals surface area contributed by atoms with E-state index in [0.29, 0.717) is 0 Å². The summed E-state index contributed by atoms with van der Waals surface area (Å²) in [6.45, 7) is 4.11. The molecule has 0 atom stereocenters. The van der Waals surface area contributed by atoms with Crippen molar-refractivity contribution in [2.24, 2.45) is 0 Å². The van der Waals surface area contributed by atoms with Gasteiger partial charge in [0.1, 0.15) is 12.1 Å². The lowest BCUT2D eigenvalue weighted by Crippen LogP contribution is -1.95. The van der Waals surface area contributed by atoms with Gasteiger partial charge in [0.05, 0.1) is 16.7 Å². The van der Waals surface area contributed by atoms with Gasteiger partial charge in [-0.1, -0.05) is 0 Å². The molecule has 0 fully saturated rings. The Balaban J connectivity index is 2.24. The van der Waals surface area contributed by atoms with Crippen molar-refractivity contribution in [1.29, 1.82) is 0 Å². The van der Waals surface area contributed by atoms with Gasteiger partial charge in [-0.05, 0) is 60.9 Å². The molecule has 0 spiro atoms. The lowest BCUT2D eigenvalue weighted by atomic mass is 10.1. The quantitative estimate of drug-likeness (QED) is 0.634. The second-order valence-corrected chi connectivity index (χ2v) is 5.26. The van der Waals surface area contributed by atoms with E-state index < -0.39 is 0 Å². The molecule has 0 saturated carbocycles. The van der Waals surface area contributed by atoms with Crippen LogP contribution in [0, 0.1) is 19.7 Å². The average molecular weight is 289 g/mol. The van der Waals surface area contributed by atoms with Crippen LogP contribution < -0.4 is 0 Å². The number of benzene rings is 2. The minimum atomic E-state index is -0.288. The Morgan fingerprint density at radius 3 is 2.60 bits per heavy atom. The van der Waals surface area contributed by atoms with Crippen LogP contribution in [0.2, 0.25) is 0 Å². The van der Waals surface area contributed by atoms with Gasteiger partial charge in [-0.2, -0.15) is 0 Å². The summed E-state index contributed by atoms with van der Waals surface area (Å²) in [5.41, 5.74) is 5.76. The van der Waals surface area contributed by atoms with E-state index in [1.54, 1.807) is 6.33 Å². The molecule has 3 rings (SSSR count). The maximum absolute atomic E-state index is 13.7. The molecule has 0 N–H and O–H groups in total. The number of nitrogens with zero attached hydrogens (tertiary/aromatic N) is 2. The SMILES string of the molecule is Cc1cc2ncn(-c3cc(F)cc(CCl)c3)c2cc1C. The molecule has 0 amide bonds. The monoisotopic (exact) mass is 288 g/mol. The number of halogens is 2. The molecule has 0 radical (unpaired) electrons. The van der Waals surface area contributed by atoms with Gasteiger partial charge in [0.2, 0.25) is 0 Å². The van der Waals surface area contributed by atoms with Crippen molar-refractivity contribution in [3.8, 4) is 5.69 Å². The summed E-state index contributed by atoms with van der Waals surface area (Å²) in [4.78, 5) is 4.39. The second kappa shape index (κ2) is 4.91. The molecule has 0 aliphatic carbocycles. The van der Waals surface area contributed by atoms with E-state index >= 15 is 0 Å². The van der Waals surface area contributed by atoms with E-state index in [4.69, 9.17) is 11.6 Å². The fourth-order valence-corrected chi connectivity index (χ4v) is 2.47.